The van der Waals surface area contributed by atoms with Crippen molar-refractivity contribution in [1.29, 1.82) is 0 Å². The molecule has 0 saturated carbocycles. The van der Waals surface area contributed by atoms with Crippen LogP contribution in [-0.4, -0.2) is 30.5 Å². The normalized spacial score (nSPS) is 10.7. The Morgan fingerprint density at radius 3 is 2.36 bits per heavy atom. The Bertz CT molecular complexity index is 1170. The van der Waals surface area contributed by atoms with Gasteiger partial charge in [-0.15, -0.1) is 0 Å². The Kier molecular flexibility index (Phi) is 5.12. The van der Waals surface area contributed by atoms with Gasteiger partial charge in [0.25, 0.3) is 0 Å². The zero-order valence-electron chi connectivity index (χ0n) is 15.7. The summed E-state index contributed by atoms with van der Waals surface area (Å²) in [7, 11) is 3.63. The minimum atomic E-state index is -1.02. The minimum Gasteiger partial charge on any atom is -0.378 e. The van der Waals surface area contributed by atoms with Crippen molar-refractivity contribution < 1.29 is 14.0 Å². The van der Waals surface area contributed by atoms with Gasteiger partial charge in [0.1, 0.15) is 0 Å². The Hall–Kier alpha value is -3.68. The average molecular weight is 381 g/mol. The van der Waals surface area contributed by atoms with Crippen LogP contribution in [0, 0.1) is 0 Å². The molecule has 28 heavy (non-hydrogen) atoms. The third kappa shape index (κ3) is 3.85. The molecule has 3 rings (SSSR count). The van der Waals surface area contributed by atoms with Crippen LogP contribution in [-0.2, 0) is 11.2 Å². The lowest BCUT2D eigenvalue weighted by Gasteiger charge is -2.14. The fourth-order valence-corrected chi connectivity index (χ4v) is 2.83. The lowest BCUT2D eigenvalue weighted by atomic mass is 10.1. The topological polar surface area (TPSA) is 102 Å². The maximum absolute atomic E-state index is 12.8. The number of nitrogens with zero attached hydrogens (tertiary/aromatic N) is 2. The molecular weight excluding hydrogens is 362 g/mol. The Morgan fingerprint density at radius 2 is 1.75 bits per heavy atom. The molecule has 0 unspecified atom stereocenters. The highest BCUT2D eigenvalue weighted by Gasteiger charge is 2.17. The summed E-state index contributed by atoms with van der Waals surface area (Å²) in [6, 6.07) is 11.5. The zero-order chi connectivity index (χ0) is 20.4. The number of hydrogen-bond donors (Lipinski definition) is 1. The molecule has 0 atom stereocenters. The van der Waals surface area contributed by atoms with Crippen molar-refractivity contribution >= 4 is 34.1 Å². The van der Waals surface area contributed by atoms with Crippen LogP contribution in [0.4, 0.5) is 11.4 Å². The molecule has 1 N–H and O–H groups in total. The first-order valence-electron chi connectivity index (χ1n) is 8.53. The van der Waals surface area contributed by atoms with E-state index in [1.807, 2.05) is 14.1 Å². The second kappa shape index (κ2) is 7.51. The Balaban J connectivity index is 2.01. The number of amides is 1. The summed E-state index contributed by atoms with van der Waals surface area (Å²) in [5.74, 6) is -1.74. The molecule has 3 aromatic rings. The van der Waals surface area contributed by atoms with E-state index in [1.165, 1.54) is 13.0 Å². The largest absolute Gasteiger partial charge is 0.429 e. The highest BCUT2D eigenvalue weighted by atomic mass is 16.4. The number of carbonyl (C=O) groups is 2. The molecule has 144 valence electrons. The van der Waals surface area contributed by atoms with E-state index >= 15 is 0 Å². The first kappa shape index (κ1) is 19.1. The predicted molar refractivity (Wildman–Crippen MR) is 106 cm³/mol. The van der Waals surface area contributed by atoms with Crippen molar-refractivity contribution in [3.63, 3.8) is 0 Å². The highest BCUT2D eigenvalue weighted by Crippen LogP contribution is 2.18. The van der Waals surface area contributed by atoms with Crippen LogP contribution in [0.3, 0.4) is 0 Å². The van der Waals surface area contributed by atoms with Crippen LogP contribution in [0.25, 0.3) is 10.9 Å². The first-order chi connectivity index (χ1) is 13.3. The molecule has 8 heteroatoms. The van der Waals surface area contributed by atoms with Crippen molar-refractivity contribution in [3.05, 3.63) is 69.0 Å². The zero-order valence-corrected chi connectivity index (χ0v) is 15.7. The van der Waals surface area contributed by atoms with E-state index < -0.39 is 17.3 Å². The second-order valence-corrected chi connectivity index (χ2v) is 6.54. The van der Waals surface area contributed by atoms with E-state index in [2.05, 4.69) is 5.32 Å². The van der Waals surface area contributed by atoms with E-state index in [4.69, 9.17) is 4.42 Å². The summed E-state index contributed by atoms with van der Waals surface area (Å²) in [4.78, 5) is 50.0. The average Bonchev–Trinajstić information content (AvgIpc) is 2.62. The Labute approximate surface area is 160 Å². The van der Waals surface area contributed by atoms with Crippen LogP contribution >= 0.6 is 0 Å². The van der Waals surface area contributed by atoms with Gasteiger partial charge in [0.15, 0.2) is 0 Å². The lowest BCUT2D eigenvalue weighted by molar-refractivity contribution is -0.114. The van der Waals surface area contributed by atoms with Crippen LogP contribution < -0.4 is 21.6 Å². The SMILES string of the molecule is CC(=O)Nc1ccc(CC(=O)n2c(=O)oc(=O)c3ccc(N(C)C)cc32)cc1. The molecule has 0 aliphatic rings. The molecule has 1 aromatic heterocycles. The molecule has 1 amide bonds. The van der Waals surface area contributed by atoms with Crippen molar-refractivity contribution in [2.45, 2.75) is 13.3 Å². The van der Waals surface area contributed by atoms with Gasteiger partial charge in [-0.1, -0.05) is 12.1 Å². The number of nitrogens with one attached hydrogen (secondary N) is 1. The summed E-state index contributed by atoms with van der Waals surface area (Å²) < 4.78 is 5.59. The molecule has 1 heterocycles. The second-order valence-electron chi connectivity index (χ2n) is 6.54. The summed E-state index contributed by atoms with van der Waals surface area (Å²) in [5, 5.41) is 2.79. The molecule has 0 saturated heterocycles. The van der Waals surface area contributed by atoms with Crippen LogP contribution in [0.2, 0.25) is 0 Å². The van der Waals surface area contributed by atoms with Gasteiger partial charge in [-0.2, -0.15) is 0 Å². The molecule has 0 radical (unpaired) electrons. The highest BCUT2D eigenvalue weighted by molar-refractivity contribution is 5.93. The molecule has 8 nitrogen and oxygen atoms in total. The fourth-order valence-electron chi connectivity index (χ4n) is 2.83. The lowest BCUT2D eigenvalue weighted by Crippen LogP contribution is -2.31. The third-order valence-corrected chi connectivity index (χ3v) is 4.20. The number of hydrogen-bond acceptors (Lipinski definition) is 6. The van der Waals surface area contributed by atoms with Gasteiger partial charge in [0, 0.05) is 32.4 Å². The van der Waals surface area contributed by atoms with E-state index in [-0.39, 0.29) is 23.2 Å². The molecule has 0 aliphatic carbocycles. The number of fused-ring (bicyclic) bond motifs is 1. The molecule has 0 fully saturated rings. The number of benzene rings is 2. The standard InChI is InChI=1S/C20H19N3O5/c1-12(24)21-14-6-4-13(5-7-14)10-18(25)23-17-11-15(22(2)3)8-9-16(17)19(26)28-20(23)27/h4-9,11H,10H2,1-3H3,(H,21,24). The predicted octanol–water partition coefficient (Wildman–Crippen LogP) is 1.86. The van der Waals surface area contributed by atoms with Gasteiger partial charge in [-0.3, -0.25) is 9.59 Å². The van der Waals surface area contributed by atoms with E-state index in [1.54, 1.807) is 41.3 Å². The molecule has 0 bridgehead atoms. The number of rotatable bonds is 4. The number of carbonyl (C=O) groups excluding carboxylic acids is 2. The van der Waals surface area contributed by atoms with E-state index in [9.17, 15) is 19.2 Å². The van der Waals surface area contributed by atoms with Gasteiger partial charge < -0.3 is 14.6 Å². The van der Waals surface area contributed by atoms with Crippen molar-refractivity contribution in [2.24, 2.45) is 0 Å². The molecule has 2 aromatic carbocycles. The number of aromatic nitrogens is 1. The third-order valence-electron chi connectivity index (χ3n) is 4.20. The van der Waals surface area contributed by atoms with Crippen molar-refractivity contribution in [3.8, 4) is 0 Å². The van der Waals surface area contributed by atoms with Gasteiger partial charge >= 0.3 is 11.4 Å². The molecule has 0 aliphatic heterocycles. The maximum Gasteiger partial charge on any atom is 0.429 e. The van der Waals surface area contributed by atoms with Gasteiger partial charge in [0.2, 0.25) is 11.8 Å². The van der Waals surface area contributed by atoms with Crippen molar-refractivity contribution in [2.75, 3.05) is 24.3 Å². The van der Waals surface area contributed by atoms with Gasteiger partial charge in [-0.25, -0.2) is 14.2 Å². The quantitative estimate of drug-likeness (QED) is 0.740. The van der Waals surface area contributed by atoms with Gasteiger partial charge in [-0.05, 0) is 35.9 Å². The maximum atomic E-state index is 12.8. The summed E-state index contributed by atoms with van der Waals surface area (Å²) >= 11 is 0. The smallest absolute Gasteiger partial charge is 0.378 e. The van der Waals surface area contributed by atoms with Crippen molar-refractivity contribution in [1.82, 2.24) is 4.57 Å². The van der Waals surface area contributed by atoms with E-state index in [0.29, 0.717) is 11.3 Å². The first-order valence-corrected chi connectivity index (χ1v) is 8.53. The molecular formula is C20H19N3O5. The van der Waals surface area contributed by atoms with Gasteiger partial charge in [0.05, 0.1) is 17.3 Å². The minimum absolute atomic E-state index is 0.0741. The Morgan fingerprint density at radius 1 is 1.07 bits per heavy atom. The summed E-state index contributed by atoms with van der Waals surface area (Å²) in [6.45, 7) is 1.40. The molecule has 0 spiro atoms. The fraction of sp³-hybridized carbons (Fsp3) is 0.200. The van der Waals surface area contributed by atoms with Crippen LogP contribution in [0.1, 0.15) is 17.3 Å². The summed E-state index contributed by atoms with van der Waals surface area (Å²) in [5.41, 5.74) is 1.40. The number of anilines is 2. The monoisotopic (exact) mass is 381 g/mol. The van der Waals surface area contributed by atoms with Crippen LogP contribution in [0.5, 0.6) is 0 Å². The van der Waals surface area contributed by atoms with E-state index in [0.717, 1.165) is 10.3 Å². The van der Waals surface area contributed by atoms with Crippen LogP contribution in [0.15, 0.2) is 56.5 Å². The summed E-state index contributed by atoms with van der Waals surface area (Å²) in [6.07, 6.45) is -0.0741.